The first-order chi connectivity index (χ1) is 5.54. The van der Waals surface area contributed by atoms with Gasteiger partial charge in [-0.25, -0.2) is 0 Å². The number of aliphatic hydroxyl groups is 4. The van der Waals surface area contributed by atoms with Gasteiger partial charge in [-0.2, -0.15) is 0 Å². The summed E-state index contributed by atoms with van der Waals surface area (Å²) in [5, 5.41) is 32.7. The molecule has 0 aromatic carbocycles. The van der Waals surface area contributed by atoms with Gasteiger partial charge in [0.15, 0.2) is 6.29 Å². The van der Waals surface area contributed by atoms with E-state index in [0.717, 1.165) is 6.42 Å². The Morgan fingerprint density at radius 2 is 1.58 bits per heavy atom. The summed E-state index contributed by atoms with van der Waals surface area (Å²) < 4.78 is 0. The first-order valence-corrected chi connectivity index (χ1v) is 4.19. The van der Waals surface area contributed by atoms with Crippen LogP contribution in [-0.4, -0.2) is 39.4 Å². The maximum atomic E-state index is 8.39. The van der Waals surface area contributed by atoms with E-state index in [9.17, 15) is 0 Å². The third-order valence-electron chi connectivity index (χ3n) is 1.09. The minimum absolute atomic E-state index is 0.0810. The van der Waals surface area contributed by atoms with E-state index >= 15 is 0 Å². The second kappa shape index (κ2) is 10.8. The van der Waals surface area contributed by atoms with Crippen molar-refractivity contribution in [2.24, 2.45) is 0 Å². The van der Waals surface area contributed by atoms with Crippen LogP contribution in [0.25, 0.3) is 0 Å². The van der Waals surface area contributed by atoms with Crippen LogP contribution >= 0.6 is 0 Å². The summed E-state index contributed by atoms with van der Waals surface area (Å²) in [6, 6.07) is 0. The minimum atomic E-state index is -1.10. The highest BCUT2D eigenvalue weighted by Crippen LogP contribution is 1.88. The molecule has 0 fully saturated rings. The molecule has 76 valence electrons. The third kappa shape index (κ3) is 22.5. The fourth-order valence-corrected chi connectivity index (χ4v) is 0.445. The molecule has 1 unspecified atom stereocenters. The van der Waals surface area contributed by atoms with Crippen LogP contribution in [0.5, 0.6) is 0 Å². The number of hydrogen-bond acceptors (Lipinski definition) is 4. The lowest BCUT2D eigenvalue weighted by Crippen LogP contribution is -2.01. The normalized spacial score (nSPS) is 12.2. The lowest BCUT2D eigenvalue weighted by atomic mass is 10.3. The standard InChI is InChI=1S/2C4H10O2/c1-4(6)2-3-5;1-2-3-4(5)6/h2*4-6H,2-3H2,1H3. The summed E-state index contributed by atoms with van der Waals surface area (Å²) in [4.78, 5) is 0. The van der Waals surface area contributed by atoms with Crippen molar-refractivity contribution in [3.63, 3.8) is 0 Å². The van der Waals surface area contributed by atoms with Gasteiger partial charge in [0.1, 0.15) is 0 Å². The van der Waals surface area contributed by atoms with Gasteiger partial charge in [-0.1, -0.05) is 13.3 Å². The van der Waals surface area contributed by atoms with E-state index in [1.807, 2.05) is 6.92 Å². The maximum absolute atomic E-state index is 8.39. The van der Waals surface area contributed by atoms with Crippen molar-refractivity contribution in [2.45, 2.75) is 45.5 Å². The molecule has 0 aromatic heterocycles. The SMILES string of the molecule is CC(O)CCO.CCCC(O)O. The van der Waals surface area contributed by atoms with E-state index in [0.29, 0.717) is 12.8 Å². The zero-order valence-electron chi connectivity index (χ0n) is 7.77. The van der Waals surface area contributed by atoms with Crippen molar-refractivity contribution in [1.82, 2.24) is 0 Å². The molecule has 0 saturated heterocycles. The Labute approximate surface area is 73.5 Å². The molecule has 0 amide bonds. The molecule has 4 heteroatoms. The average Bonchev–Trinajstić information content (AvgIpc) is 1.87. The second-order valence-electron chi connectivity index (χ2n) is 2.63. The van der Waals surface area contributed by atoms with E-state index in [4.69, 9.17) is 20.4 Å². The molecule has 0 bridgehead atoms. The quantitative estimate of drug-likeness (QED) is 0.453. The fourth-order valence-electron chi connectivity index (χ4n) is 0.445. The molecule has 0 radical (unpaired) electrons. The summed E-state index contributed by atoms with van der Waals surface area (Å²) in [6.07, 6.45) is 0.350. The first-order valence-electron chi connectivity index (χ1n) is 4.19. The number of hydrogen-bond donors (Lipinski definition) is 4. The van der Waals surface area contributed by atoms with Crippen LogP contribution in [0, 0.1) is 0 Å². The summed E-state index contributed by atoms with van der Waals surface area (Å²) in [7, 11) is 0. The van der Waals surface area contributed by atoms with E-state index in [-0.39, 0.29) is 12.7 Å². The molecule has 0 aromatic rings. The smallest absolute Gasteiger partial charge is 0.151 e. The molecule has 0 rings (SSSR count). The molecule has 12 heavy (non-hydrogen) atoms. The van der Waals surface area contributed by atoms with Gasteiger partial charge in [0.25, 0.3) is 0 Å². The van der Waals surface area contributed by atoms with Gasteiger partial charge in [-0.3, -0.25) is 0 Å². The Morgan fingerprint density at radius 1 is 1.08 bits per heavy atom. The second-order valence-corrected chi connectivity index (χ2v) is 2.63. The molecule has 0 saturated carbocycles. The third-order valence-corrected chi connectivity index (χ3v) is 1.09. The first kappa shape index (κ1) is 14.4. The molecular formula is C8H20O4. The van der Waals surface area contributed by atoms with Crippen LogP contribution in [0.1, 0.15) is 33.1 Å². The maximum Gasteiger partial charge on any atom is 0.151 e. The molecule has 1 atom stereocenters. The van der Waals surface area contributed by atoms with Gasteiger partial charge >= 0.3 is 0 Å². The van der Waals surface area contributed by atoms with E-state index < -0.39 is 6.29 Å². The van der Waals surface area contributed by atoms with Crippen molar-refractivity contribution in [3.8, 4) is 0 Å². The summed E-state index contributed by atoms with van der Waals surface area (Å²) >= 11 is 0. The summed E-state index contributed by atoms with van der Waals surface area (Å²) in [5.74, 6) is 0. The van der Waals surface area contributed by atoms with Crippen LogP contribution in [0.4, 0.5) is 0 Å². The molecule has 0 heterocycles. The molecule has 0 spiro atoms. The Hall–Kier alpha value is -0.160. The molecule has 4 nitrogen and oxygen atoms in total. The predicted molar refractivity (Wildman–Crippen MR) is 46.5 cm³/mol. The highest BCUT2D eigenvalue weighted by atomic mass is 16.5. The monoisotopic (exact) mass is 180 g/mol. The largest absolute Gasteiger partial charge is 0.396 e. The van der Waals surface area contributed by atoms with Crippen molar-refractivity contribution in [2.75, 3.05) is 6.61 Å². The van der Waals surface area contributed by atoms with Crippen molar-refractivity contribution in [3.05, 3.63) is 0 Å². The molecular weight excluding hydrogens is 160 g/mol. The van der Waals surface area contributed by atoms with E-state index in [1.54, 1.807) is 6.92 Å². The molecule has 0 aliphatic heterocycles. The minimum Gasteiger partial charge on any atom is -0.396 e. The van der Waals surface area contributed by atoms with Crippen molar-refractivity contribution in [1.29, 1.82) is 0 Å². The van der Waals surface area contributed by atoms with E-state index in [1.165, 1.54) is 0 Å². The van der Waals surface area contributed by atoms with Gasteiger partial charge in [-0.05, 0) is 19.8 Å². The van der Waals surface area contributed by atoms with Gasteiger partial charge in [0.2, 0.25) is 0 Å². The van der Waals surface area contributed by atoms with Crippen molar-refractivity contribution < 1.29 is 20.4 Å². The lowest BCUT2D eigenvalue weighted by molar-refractivity contribution is -0.0453. The zero-order chi connectivity index (χ0) is 9.98. The summed E-state index contributed by atoms with van der Waals surface area (Å²) in [6.45, 7) is 3.63. The van der Waals surface area contributed by atoms with Gasteiger partial charge in [-0.15, -0.1) is 0 Å². The van der Waals surface area contributed by atoms with E-state index in [2.05, 4.69) is 0 Å². The number of rotatable bonds is 4. The Bertz CT molecular complexity index is 63.5. The predicted octanol–water partition coefficient (Wildman–Crippen LogP) is -0.153. The van der Waals surface area contributed by atoms with Crippen LogP contribution in [0.15, 0.2) is 0 Å². The number of aliphatic hydroxyl groups excluding tert-OH is 3. The fraction of sp³-hybridized carbons (Fsp3) is 1.00. The molecule has 4 N–H and O–H groups in total. The Morgan fingerprint density at radius 3 is 1.58 bits per heavy atom. The van der Waals surface area contributed by atoms with Crippen molar-refractivity contribution >= 4 is 0 Å². The Balaban J connectivity index is 0. The van der Waals surface area contributed by atoms with Gasteiger partial charge in [0, 0.05) is 6.61 Å². The van der Waals surface area contributed by atoms with Gasteiger partial charge in [0.05, 0.1) is 6.10 Å². The van der Waals surface area contributed by atoms with Crippen LogP contribution in [0.2, 0.25) is 0 Å². The van der Waals surface area contributed by atoms with Crippen LogP contribution < -0.4 is 0 Å². The van der Waals surface area contributed by atoms with Crippen LogP contribution in [0.3, 0.4) is 0 Å². The van der Waals surface area contributed by atoms with Crippen LogP contribution in [-0.2, 0) is 0 Å². The highest BCUT2D eigenvalue weighted by Gasteiger charge is 1.89. The molecule has 0 aliphatic carbocycles. The zero-order valence-corrected chi connectivity index (χ0v) is 7.77. The Kier molecular flexibility index (Phi) is 13.0. The highest BCUT2D eigenvalue weighted by molar-refractivity contribution is 4.40. The lowest BCUT2D eigenvalue weighted by Gasteiger charge is -1.95. The van der Waals surface area contributed by atoms with Gasteiger partial charge < -0.3 is 20.4 Å². The topological polar surface area (TPSA) is 80.9 Å². The summed E-state index contributed by atoms with van der Waals surface area (Å²) in [5.41, 5.74) is 0. The molecule has 0 aliphatic rings. The average molecular weight is 180 g/mol.